The van der Waals surface area contributed by atoms with Crippen LogP contribution in [0.3, 0.4) is 0 Å². The second-order valence-corrected chi connectivity index (χ2v) is 5.08. The van der Waals surface area contributed by atoms with Crippen LogP contribution in [0.1, 0.15) is 56.3 Å². The van der Waals surface area contributed by atoms with E-state index in [1.54, 1.807) is 0 Å². The van der Waals surface area contributed by atoms with Crippen LogP contribution < -0.4 is 11.1 Å². The van der Waals surface area contributed by atoms with Crippen molar-refractivity contribution in [2.24, 2.45) is 0 Å². The van der Waals surface area contributed by atoms with E-state index in [9.17, 15) is 13.6 Å². The first-order chi connectivity index (χ1) is 9.45. The van der Waals surface area contributed by atoms with Crippen molar-refractivity contribution in [2.75, 3.05) is 5.73 Å². The fourth-order valence-electron chi connectivity index (χ4n) is 1.99. The lowest BCUT2D eigenvalue weighted by Gasteiger charge is -2.14. The van der Waals surface area contributed by atoms with Gasteiger partial charge >= 0.3 is 0 Å². The normalized spacial score (nSPS) is 12.2. The van der Waals surface area contributed by atoms with E-state index in [4.69, 9.17) is 5.73 Å². The minimum atomic E-state index is -0.896. The zero-order valence-electron chi connectivity index (χ0n) is 12.0. The molecule has 0 spiro atoms. The van der Waals surface area contributed by atoms with Crippen molar-refractivity contribution in [3.63, 3.8) is 0 Å². The first kappa shape index (κ1) is 16.4. The monoisotopic (exact) mass is 284 g/mol. The summed E-state index contributed by atoms with van der Waals surface area (Å²) in [5, 5.41) is 2.70. The van der Waals surface area contributed by atoms with Gasteiger partial charge in [-0.2, -0.15) is 0 Å². The van der Waals surface area contributed by atoms with E-state index in [1.165, 1.54) is 6.42 Å². The van der Waals surface area contributed by atoms with Gasteiger partial charge in [0.15, 0.2) is 0 Å². The van der Waals surface area contributed by atoms with Gasteiger partial charge in [0.25, 0.3) is 5.91 Å². The minimum Gasteiger partial charge on any atom is -0.396 e. The second kappa shape index (κ2) is 7.82. The number of nitrogens with two attached hydrogens (primary N) is 1. The smallest absolute Gasteiger partial charge is 0.254 e. The highest BCUT2D eigenvalue weighted by Gasteiger charge is 2.16. The lowest BCUT2D eigenvalue weighted by molar-refractivity contribution is 0.0934. The van der Waals surface area contributed by atoms with E-state index in [0.717, 1.165) is 31.7 Å². The zero-order chi connectivity index (χ0) is 15.1. The molecule has 112 valence electrons. The molecule has 0 aromatic heterocycles. The quantitative estimate of drug-likeness (QED) is 0.593. The lowest BCUT2D eigenvalue weighted by atomic mass is 10.1. The van der Waals surface area contributed by atoms with Crippen molar-refractivity contribution in [2.45, 2.75) is 52.0 Å². The van der Waals surface area contributed by atoms with Gasteiger partial charge in [0.05, 0.1) is 11.3 Å². The van der Waals surface area contributed by atoms with Gasteiger partial charge < -0.3 is 11.1 Å². The van der Waals surface area contributed by atoms with E-state index >= 15 is 0 Å². The standard InChI is InChI=1S/C15H22F2N2O/c1-3-4-5-6-7-10(2)19-15(20)11-8-14(18)13(17)9-12(11)16/h8-10H,3-7,18H2,1-2H3,(H,19,20). The van der Waals surface area contributed by atoms with Crippen LogP contribution in [0.5, 0.6) is 0 Å². The summed E-state index contributed by atoms with van der Waals surface area (Å²) in [4.78, 5) is 11.9. The van der Waals surface area contributed by atoms with E-state index in [0.29, 0.717) is 6.07 Å². The Bertz CT molecular complexity index is 463. The number of nitrogens with one attached hydrogen (secondary N) is 1. The van der Waals surface area contributed by atoms with E-state index in [2.05, 4.69) is 12.2 Å². The Hall–Kier alpha value is -1.65. The number of unbranched alkanes of at least 4 members (excludes halogenated alkanes) is 3. The van der Waals surface area contributed by atoms with Crippen LogP contribution in [0, 0.1) is 11.6 Å². The Morgan fingerprint density at radius 3 is 2.60 bits per heavy atom. The summed E-state index contributed by atoms with van der Waals surface area (Å²) in [6.07, 6.45) is 5.30. The Balaban J connectivity index is 2.56. The molecule has 5 heteroatoms. The number of amides is 1. The van der Waals surface area contributed by atoms with Crippen LogP contribution in [0.25, 0.3) is 0 Å². The van der Waals surface area contributed by atoms with Crippen molar-refractivity contribution in [1.29, 1.82) is 0 Å². The summed E-state index contributed by atoms with van der Waals surface area (Å²) >= 11 is 0. The summed E-state index contributed by atoms with van der Waals surface area (Å²) in [5.41, 5.74) is 4.90. The molecule has 0 aliphatic carbocycles. The molecule has 0 aliphatic heterocycles. The molecular weight excluding hydrogens is 262 g/mol. The first-order valence-electron chi connectivity index (χ1n) is 7.01. The summed E-state index contributed by atoms with van der Waals surface area (Å²) in [7, 11) is 0. The second-order valence-electron chi connectivity index (χ2n) is 5.08. The SMILES string of the molecule is CCCCCCC(C)NC(=O)c1cc(N)c(F)cc1F. The number of halogens is 2. The number of rotatable bonds is 7. The maximum atomic E-state index is 13.5. The molecule has 3 nitrogen and oxygen atoms in total. The third-order valence-electron chi connectivity index (χ3n) is 3.20. The summed E-state index contributed by atoms with van der Waals surface area (Å²) in [6, 6.07) is 1.62. The van der Waals surface area contributed by atoms with Crippen LogP contribution in [0.15, 0.2) is 12.1 Å². The number of hydrogen-bond acceptors (Lipinski definition) is 2. The third kappa shape index (κ3) is 4.79. The average molecular weight is 284 g/mol. The molecule has 0 saturated carbocycles. The molecular formula is C15H22F2N2O. The fraction of sp³-hybridized carbons (Fsp3) is 0.533. The van der Waals surface area contributed by atoms with Crippen LogP contribution >= 0.6 is 0 Å². The maximum absolute atomic E-state index is 13.5. The van der Waals surface area contributed by atoms with Crippen molar-refractivity contribution in [3.05, 3.63) is 29.3 Å². The molecule has 0 radical (unpaired) electrons. The lowest BCUT2D eigenvalue weighted by Crippen LogP contribution is -2.33. The average Bonchev–Trinajstić information content (AvgIpc) is 2.38. The van der Waals surface area contributed by atoms with E-state index < -0.39 is 17.5 Å². The molecule has 3 N–H and O–H groups in total. The maximum Gasteiger partial charge on any atom is 0.254 e. The van der Waals surface area contributed by atoms with Gasteiger partial charge in [-0.05, 0) is 19.4 Å². The molecule has 1 aromatic carbocycles. The number of nitrogen functional groups attached to an aromatic ring is 1. The number of hydrogen-bond donors (Lipinski definition) is 2. The van der Waals surface area contributed by atoms with Crippen molar-refractivity contribution in [3.8, 4) is 0 Å². The highest BCUT2D eigenvalue weighted by Crippen LogP contribution is 2.17. The Kier molecular flexibility index (Phi) is 6.42. The van der Waals surface area contributed by atoms with Gasteiger partial charge in [0.2, 0.25) is 0 Å². The molecule has 0 bridgehead atoms. The first-order valence-corrected chi connectivity index (χ1v) is 7.01. The number of benzene rings is 1. The van der Waals surface area contributed by atoms with Crippen LogP contribution in [-0.4, -0.2) is 11.9 Å². The van der Waals surface area contributed by atoms with Crippen molar-refractivity contribution < 1.29 is 13.6 Å². The highest BCUT2D eigenvalue weighted by molar-refractivity contribution is 5.95. The molecule has 1 unspecified atom stereocenters. The predicted octanol–water partition coefficient (Wildman–Crippen LogP) is 3.64. The van der Waals surface area contributed by atoms with Gasteiger partial charge in [-0.3, -0.25) is 4.79 Å². The fourth-order valence-corrected chi connectivity index (χ4v) is 1.99. The molecule has 1 rings (SSSR count). The van der Waals surface area contributed by atoms with E-state index in [1.807, 2.05) is 6.92 Å². The molecule has 20 heavy (non-hydrogen) atoms. The van der Waals surface area contributed by atoms with Crippen molar-refractivity contribution in [1.82, 2.24) is 5.32 Å². The van der Waals surface area contributed by atoms with Gasteiger partial charge in [-0.25, -0.2) is 8.78 Å². The summed E-state index contributed by atoms with van der Waals surface area (Å²) in [6.45, 7) is 4.00. The molecule has 0 saturated heterocycles. The van der Waals surface area contributed by atoms with Crippen LogP contribution in [-0.2, 0) is 0 Å². The molecule has 1 atom stereocenters. The highest BCUT2D eigenvalue weighted by atomic mass is 19.1. The third-order valence-corrected chi connectivity index (χ3v) is 3.20. The molecule has 1 amide bonds. The molecule has 0 fully saturated rings. The summed E-state index contributed by atoms with van der Waals surface area (Å²) < 4.78 is 26.6. The molecule has 0 heterocycles. The van der Waals surface area contributed by atoms with Crippen molar-refractivity contribution >= 4 is 11.6 Å². The largest absolute Gasteiger partial charge is 0.396 e. The summed E-state index contributed by atoms with van der Waals surface area (Å²) in [5.74, 6) is -2.31. The van der Waals surface area contributed by atoms with Gasteiger partial charge in [0.1, 0.15) is 11.6 Å². The van der Waals surface area contributed by atoms with Crippen LogP contribution in [0.4, 0.5) is 14.5 Å². The minimum absolute atomic E-state index is 0.0509. The Morgan fingerprint density at radius 2 is 1.95 bits per heavy atom. The van der Waals surface area contributed by atoms with Gasteiger partial charge in [0, 0.05) is 12.1 Å². The topological polar surface area (TPSA) is 55.1 Å². The van der Waals surface area contributed by atoms with E-state index in [-0.39, 0.29) is 17.3 Å². The number of carbonyl (C=O) groups is 1. The molecule has 0 aliphatic rings. The Labute approximate surface area is 118 Å². The van der Waals surface area contributed by atoms with Gasteiger partial charge in [-0.1, -0.05) is 32.6 Å². The molecule has 1 aromatic rings. The Morgan fingerprint density at radius 1 is 1.25 bits per heavy atom. The van der Waals surface area contributed by atoms with Crippen LogP contribution in [0.2, 0.25) is 0 Å². The number of carbonyl (C=O) groups excluding carboxylic acids is 1. The van der Waals surface area contributed by atoms with Gasteiger partial charge in [-0.15, -0.1) is 0 Å². The number of anilines is 1. The predicted molar refractivity (Wildman–Crippen MR) is 76.5 cm³/mol. The zero-order valence-corrected chi connectivity index (χ0v) is 12.0.